The van der Waals surface area contributed by atoms with E-state index < -0.39 is 8.24 Å². The monoisotopic (exact) mass is 173 g/mol. The smallest absolute Gasteiger partial charge is 0.332 e. The number of carbonyl (C=O) groups excluding carboxylic acids is 1. The van der Waals surface area contributed by atoms with Crippen molar-refractivity contribution in [3.05, 3.63) is 12.2 Å². The second-order valence-corrected chi connectivity index (χ2v) is 7.61. The third kappa shape index (κ3) is 5.81. The molecule has 64 valence electrons. The Morgan fingerprint density at radius 3 is 2.36 bits per heavy atom. The van der Waals surface area contributed by atoms with Gasteiger partial charge in [0.2, 0.25) is 0 Å². The molecule has 0 atom stereocenters. The normalized spacial score (nSPS) is 10.9. The van der Waals surface area contributed by atoms with Crippen molar-refractivity contribution in [1.29, 1.82) is 0 Å². The van der Waals surface area contributed by atoms with Crippen molar-refractivity contribution in [2.45, 2.75) is 20.0 Å². The molecule has 0 aliphatic carbocycles. The minimum atomic E-state index is -1.75. The lowest BCUT2D eigenvalue weighted by molar-refractivity contribution is -0.137. The van der Waals surface area contributed by atoms with Crippen molar-refractivity contribution in [2.75, 3.05) is 6.23 Å². The van der Waals surface area contributed by atoms with Crippen LogP contribution in [0.25, 0.3) is 0 Å². The molecule has 0 aliphatic heterocycles. The van der Waals surface area contributed by atoms with E-state index in [1.165, 1.54) is 0 Å². The number of hydrogen-bond donors (Lipinski definition) is 1. The van der Waals surface area contributed by atoms with Gasteiger partial charge in [-0.15, -0.1) is 0 Å². The summed E-state index contributed by atoms with van der Waals surface area (Å²) in [5.41, 5.74) is 0.420. The molecule has 0 saturated heterocycles. The quantitative estimate of drug-likeness (QED) is 0.390. The van der Waals surface area contributed by atoms with Gasteiger partial charge < -0.3 is 10.1 Å². The van der Waals surface area contributed by atoms with Crippen LogP contribution in [-0.4, -0.2) is 20.4 Å². The first kappa shape index (κ1) is 10.4. The molecule has 0 heterocycles. The average molecular weight is 173 g/mol. The van der Waals surface area contributed by atoms with Crippen LogP contribution in [0.5, 0.6) is 0 Å². The Hall–Kier alpha value is -0.613. The minimum absolute atomic E-state index is 0.351. The third-order valence-corrected chi connectivity index (χ3v) is 1.81. The van der Waals surface area contributed by atoms with Crippen LogP contribution in [0, 0.1) is 0 Å². The molecule has 0 saturated carbocycles. The number of hydrogen-bond acceptors (Lipinski definition) is 3. The van der Waals surface area contributed by atoms with Gasteiger partial charge in [-0.2, -0.15) is 0 Å². The molecule has 0 aromatic heterocycles. The van der Waals surface area contributed by atoms with Crippen molar-refractivity contribution >= 4 is 14.2 Å². The van der Waals surface area contributed by atoms with Crippen LogP contribution in [0.2, 0.25) is 13.1 Å². The third-order valence-electron chi connectivity index (χ3n) is 0.924. The highest BCUT2D eigenvalue weighted by molar-refractivity contribution is 6.74. The number of carbonyl (C=O) groups is 1. The van der Waals surface area contributed by atoms with Crippen LogP contribution in [0.1, 0.15) is 6.92 Å². The van der Waals surface area contributed by atoms with E-state index in [-0.39, 0.29) is 5.97 Å². The molecule has 11 heavy (non-hydrogen) atoms. The zero-order valence-corrected chi connectivity index (χ0v) is 8.31. The van der Waals surface area contributed by atoms with Crippen LogP contribution < -0.4 is 5.40 Å². The Labute approximate surface area is 68.3 Å². The Morgan fingerprint density at radius 1 is 1.64 bits per heavy atom. The number of nitrogens with two attached hydrogens (primary N) is 1. The lowest BCUT2D eigenvalue weighted by Crippen LogP contribution is -2.44. The standard InChI is InChI=1S/C7H15NO2Si/c1-6(2)7(9)10-5-11(3,4)8/h1,5,8H2,2-4H3. The summed E-state index contributed by atoms with van der Waals surface area (Å²) in [4.78, 5) is 10.8. The maximum Gasteiger partial charge on any atom is 0.332 e. The summed E-state index contributed by atoms with van der Waals surface area (Å²) >= 11 is 0. The average Bonchev–Trinajstić information content (AvgIpc) is 1.80. The van der Waals surface area contributed by atoms with Crippen LogP contribution in [-0.2, 0) is 9.53 Å². The first-order valence-electron chi connectivity index (χ1n) is 3.44. The van der Waals surface area contributed by atoms with Gasteiger partial charge >= 0.3 is 5.97 Å². The van der Waals surface area contributed by atoms with E-state index in [1.54, 1.807) is 6.92 Å². The van der Waals surface area contributed by atoms with Crippen molar-refractivity contribution in [3.8, 4) is 0 Å². The van der Waals surface area contributed by atoms with E-state index in [0.717, 1.165) is 0 Å². The molecule has 0 aromatic carbocycles. The van der Waals surface area contributed by atoms with E-state index in [2.05, 4.69) is 6.58 Å². The van der Waals surface area contributed by atoms with Gasteiger partial charge in [0.05, 0.1) is 6.23 Å². The molecule has 0 unspecified atom stereocenters. The minimum Gasteiger partial charge on any atom is -0.464 e. The molecule has 0 amide bonds. The van der Waals surface area contributed by atoms with Gasteiger partial charge in [-0.3, -0.25) is 0 Å². The van der Waals surface area contributed by atoms with Crippen molar-refractivity contribution in [1.82, 2.24) is 0 Å². The molecule has 0 aromatic rings. The van der Waals surface area contributed by atoms with E-state index in [9.17, 15) is 4.79 Å². The first-order valence-corrected chi connectivity index (χ1v) is 6.73. The number of ether oxygens (including phenoxy) is 1. The van der Waals surface area contributed by atoms with Crippen LogP contribution in [0.4, 0.5) is 0 Å². The molecule has 0 aliphatic rings. The lowest BCUT2D eigenvalue weighted by Gasteiger charge is -2.14. The molecule has 3 nitrogen and oxygen atoms in total. The van der Waals surface area contributed by atoms with Gasteiger partial charge in [-0.05, 0) is 6.92 Å². The molecule has 0 rings (SSSR count). The predicted molar refractivity (Wildman–Crippen MR) is 47.4 cm³/mol. The van der Waals surface area contributed by atoms with Gasteiger partial charge in [0, 0.05) is 5.57 Å². The van der Waals surface area contributed by atoms with Gasteiger partial charge in [0.1, 0.15) is 0 Å². The maximum absolute atomic E-state index is 10.8. The second kappa shape index (κ2) is 3.68. The Bertz CT molecular complexity index is 172. The van der Waals surface area contributed by atoms with E-state index in [4.69, 9.17) is 10.1 Å². The maximum atomic E-state index is 10.8. The highest BCUT2D eigenvalue weighted by atomic mass is 28.3. The SMILES string of the molecule is C=C(C)C(=O)OC[Si](C)(C)N. The Kier molecular flexibility index (Phi) is 3.48. The topological polar surface area (TPSA) is 52.3 Å². The van der Waals surface area contributed by atoms with Crippen LogP contribution >= 0.6 is 0 Å². The summed E-state index contributed by atoms with van der Waals surface area (Å²) in [6, 6.07) is 0. The van der Waals surface area contributed by atoms with Gasteiger partial charge in [-0.25, -0.2) is 4.79 Å². The zero-order chi connectivity index (χ0) is 9.07. The van der Waals surface area contributed by atoms with Crippen molar-refractivity contribution in [2.24, 2.45) is 5.40 Å². The predicted octanol–water partition coefficient (Wildman–Crippen LogP) is 0.809. The second-order valence-electron chi connectivity index (χ2n) is 3.35. The summed E-state index contributed by atoms with van der Waals surface area (Å²) in [7, 11) is -1.75. The van der Waals surface area contributed by atoms with Crippen molar-refractivity contribution < 1.29 is 9.53 Å². The fourth-order valence-electron chi connectivity index (χ4n) is 0.375. The summed E-state index contributed by atoms with van der Waals surface area (Å²) in [5, 5.41) is 5.72. The summed E-state index contributed by atoms with van der Waals surface area (Å²) < 4.78 is 4.87. The highest BCUT2D eigenvalue weighted by Crippen LogP contribution is 1.97. The van der Waals surface area contributed by atoms with Crippen molar-refractivity contribution in [3.63, 3.8) is 0 Å². The molecule has 0 fully saturated rings. The van der Waals surface area contributed by atoms with Gasteiger partial charge in [-0.1, -0.05) is 19.7 Å². The van der Waals surface area contributed by atoms with Crippen LogP contribution in [0.15, 0.2) is 12.2 Å². The molecule has 0 bridgehead atoms. The Balaban J connectivity index is 3.73. The number of rotatable bonds is 3. The van der Waals surface area contributed by atoms with Crippen LogP contribution in [0.3, 0.4) is 0 Å². The van der Waals surface area contributed by atoms with E-state index in [1.807, 2.05) is 13.1 Å². The molecule has 4 heteroatoms. The molecule has 2 N–H and O–H groups in total. The zero-order valence-electron chi connectivity index (χ0n) is 7.31. The molecule has 0 radical (unpaired) electrons. The molecule has 0 spiro atoms. The largest absolute Gasteiger partial charge is 0.464 e. The van der Waals surface area contributed by atoms with Gasteiger partial charge in [0.25, 0.3) is 0 Å². The first-order chi connectivity index (χ1) is 4.83. The number of esters is 1. The van der Waals surface area contributed by atoms with Gasteiger partial charge in [0.15, 0.2) is 8.24 Å². The van der Waals surface area contributed by atoms with E-state index in [0.29, 0.717) is 11.8 Å². The summed E-state index contributed by atoms with van der Waals surface area (Å²) in [6.45, 7) is 8.93. The fraction of sp³-hybridized carbons (Fsp3) is 0.571. The highest BCUT2D eigenvalue weighted by Gasteiger charge is 2.17. The molecular formula is C7H15NO2Si. The fourth-order valence-corrected chi connectivity index (χ4v) is 0.878. The summed E-state index contributed by atoms with van der Waals surface area (Å²) in [6.07, 6.45) is 0.360. The van der Waals surface area contributed by atoms with E-state index >= 15 is 0 Å². The lowest BCUT2D eigenvalue weighted by atomic mass is 10.4. The molecular weight excluding hydrogens is 158 g/mol. The Morgan fingerprint density at radius 2 is 2.09 bits per heavy atom. The summed E-state index contributed by atoms with van der Waals surface area (Å²) in [5.74, 6) is -0.351.